The number of carbonyl (C=O) groups excluding carboxylic acids is 1. The van der Waals surface area contributed by atoms with Crippen molar-refractivity contribution in [3.63, 3.8) is 0 Å². The van der Waals surface area contributed by atoms with Gasteiger partial charge >= 0.3 is 0 Å². The van der Waals surface area contributed by atoms with Crippen LogP contribution in [0, 0.1) is 11.9 Å². The zero-order chi connectivity index (χ0) is 11.7. The first-order chi connectivity index (χ1) is 7.61. The minimum absolute atomic E-state index is 0.103. The average molecular weight is 288 g/mol. The van der Waals surface area contributed by atoms with Gasteiger partial charge < -0.3 is 10.6 Å². The molecule has 1 fully saturated rings. The molecule has 1 saturated heterocycles. The fourth-order valence-electron chi connectivity index (χ4n) is 1.77. The maximum atomic E-state index is 13.5. The molecule has 0 bridgehead atoms. The predicted octanol–water partition coefficient (Wildman–Crippen LogP) is 1.29. The predicted molar refractivity (Wildman–Crippen MR) is 61.4 cm³/mol. The maximum absolute atomic E-state index is 13.5. The van der Waals surface area contributed by atoms with Gasteiger partial charge in [0.25, 0.3) is 0 Å². The third-order valence-electron chi connectivity index (χ3n) is 2.62. The molecule has 1 aliphatic rings. The molecule has 1 atom stereocenters. The number of anilines is 1. The maximum Gasteiger partial charge on any atom is 0.236 e. The summed E-state index contributed by atoms with van der Waals surface area (Å²) >= 11 is 3.20. The summed E-state index contributed by atoms with van der Waals surface area (Å²) in [7, 11) is 0. The molecule has 0 aromatic carbocycles. The molecule has 16 heavy (non-hydrogen) atoms. The van der Waals surface area contributed by atoms with Crippen LogP contribution < -0.4 is 10.6 Å². The molecule has 6 heteroatoms. The zero-order valence-electron chi connectivity index (χ0n) is 8.49. The van der Waals surface area contributed by atoms with Crippen molar-refractivity contribution in [3.05, 3.63) is 22.7 Å². The minimum atomic E-state index is -0.630. The van der Waals surface area contributed by atoms with Gasteiger partial charge in [0.2, 0.25) is 11.9 Å². The average Bonchev–Trinajstić information content (AvgIpc) is 2.63. The van der Waals surface area contributed by atoms with E-state index in [0.717, 1.165) is 0 Å². The highest BCUT2D eigenvalue weighted by Crippen LogP contribution is 2.28. The van der Waals surface area contributed by atoms with Crippen molar-refractivity contribution in [2.24, 2.45) is 11.7 Å². The zero-order valence-corrected chi connectivity index (χ0v) is 10.1. The Morgan fingerprint density at radius 3 is 3.06 bits per heavy atom. The number of amides is 1. The molecular formula is C10H11BrFN3O. The van der Waals surface area contributed by atoms with Crippen LogP contribution in [0.5, 0.6) is 0 Å². The molecule has 0 aliphatic carbocycles. The Bertz CT molecular complexity index is 427. The number of halogens is 2. The Labute approximate surface area is 101 Å². The number of hydrogen-bond acceptors (Lipinski definition) is 3. The van der Waals surface area contributed by atoms with Crippen molar-refractivity contribution in [3.8, 4) is 0 Å². The first-order valence-corrected chi connectivity index (χ1v) is 5.72. The van der Waals surface area contributed by atoms with Crippen LogP contribution in [0.25, 0.3) is 0 Å². The van der Waals surface area contributed by atoms with Gasteiger partial charge in [-0.05, 0) is 34.5 Å². The Kier molecular flexibility index (Phi) is 3.20. The van der Waals surface area contributed by atoms with Crippen molar-refractivity contribution in [2.75, 3.05) is 18.0 Å². The molecule has 0 spiro atoms. The minimum Gasteiger partial charge on any atom is -0.330 e. The number of pyridine rings is 1. The molecule has 86 valence electrons. The normalized spacial score (nSPS) is 20.6. The number of nitrogens with two attached hydrogens (primary N) is 1. The summed E-state index contributed by atoms with van der Waals surface area (Å²) in [5.74, 6) is -0.630. The topological polar surface area (TPSA) is 59.2 Å². The van der Waals surface area contributed by atoms with Crippen molar-refractivity contribution in [2.45, 2.75) is 6.42 Å². The van der Waals surface area contributed by atoms with Crippen LogP contribution in [0.3, 0.4) is 0 Å². The molecule has 1 aromatic rings. The smallest absolute Gasteiger partial charge is 0.236 e. The summed E-state index contributed by atoms with van der Waals surface area (Å²) in [6.45, 7) is 0.898. The Hall–Kier alpha value is -1.01. The standard InChI is InChI=1S/C10H11BrFN3O/c11-7-2-8(10(12)14-4-7)15-5-6(3-13)1-9(15)16/h2,4,6H,1,3,5,13H2. The summed E-state index contributed by atoms with van der Waals surface area (Å²) in [5, 5.41) is 0. The van der Waals surface area contributed by atoms with E-state index in [-0.39, 0.29) is 17.5 Å². The van der Waals surface area contributed by atoms with E-state index in [2.05, 4.69) is 20.9 Å². The number of carbonyl (C=O) groups is 1. The summed E-state index contributed by atoms with van der Waals surface area (Å²) in [5.41, 5.74) is 5.72. The first kappa shape index (κ1) is 11.5. The van der Waals surface area contributed by atoms with Crippen LogP contribution in [0.4, 0.5) is 10.1 Å². The van der Waals surface area contributed by atoms with Gasteiger partial charge in [-0.2, -0.15) is 4.39 Å². The Morgan fingerprint density at radius 1 is 1.69 bits per heavy atom. The van der Waals surface area contributed by atoms with Gasteiger partial charge in [-0.3, -0.25) is 4.79 Å². The van der Waals surface area contributed by atoms with Gasteiger partial charge in [0.05, 0.1) is 0 Å². The Morgan fingerprint density at radius 2 is 2.44 bits per heavy atom. The molecule has 0 radical (unpaired) electrons. The van der Waals surface area contributed by atoms with E-state index in [9.17, 15) is 9.18 Å². The van der Waals surface area contributed by atoms with E-state index in [4.69, 9.17) is 5.73 Å². The fourth-order valence-corrected chi connectivity index (χ4v) is 2.09. The van der Waals surface area contributed by atoms with E-state index in [1.165, 1.54) is 11.1 Å². The lowest BCUT2D eigenvalue weighted by atomic mass is 10.1. The molecule has 0 saturated carbocycles. The summed E-state index contributed by atoms with van der Waals surface area (Å²) in [6, 6.07) is 1.55. The summed E-state index contributed by atoms with van der Waals surface area (Å²) in [4.78, 5) is 16.6. The molecular weight excluding hydrogens is 277 g/mol. The second kappa shape index (κ2) is 4.47. The Balaban J connectivity index is 2.30. The first-order valence-electron chi connectivity index (χ1n) is 4.93. The van der Waals surface area contributed by atoms with E-state index in [1.54, 1.807) is 6.07 Å². The summed E-state index contributed by atoms with van der Waals surface area (Å²) < 4.78 is 14.1. The molecule has 1 aliphatic heterocycles. The van der Waals surface area contributed by atoms with Gasteiger partial charge in [-0.25, -0.2) is 4.98 Å². The van der Waals surface area contributed by atoms with E-state index in [1.807, 2.05) is 0 Å². The lowest BCUT2D eigenvalue weighted by molar-refractivity contribution is -0.117. The van der Waals surface area contributed by atoms with E-state index >= 15 is 0 Å². The van der Waals surface area contributed by atoms with Gasteiger partial charge in [-0.1, -0.05) is 0 Å². The molecule has 2 rings (SSSR count). The SMILES string of the molecule is NCC1CC(=O)N(c2cc(Br)cnc2F)C1. The number of nitrogens with zero attached hydrogens (tertiary/aromatic N) is 2. The second-order valence-electron chi connectivity index (χ2n) is 3.77. The molecule has 1 aromatic heterocycles. The lowest BCUT2D eigenvalue weighted by Crippen LogP contribution is -2.26. The highest BCUT2D eigenvalue weighted by molar-refractivity contribution is 9.10. The van der Waals surface area contributed by atoms with Crippen molar-refractivity contribution in [1.29, 1.82) is 0 Å². The molecule has 1 amide bonds. The van der Waals surface area contributed by atoms with E-state index in [0.29, 0.717) is 24.0 Å². The monoisotopic (exact) mass is 287 g/mol. The molecule has 1 unspecified atom stereocenters. The van der Waals surface area contributed by atoms with Gasteiger partial charge in [0.1, 0.15) is 5.69 Å². The molecule has 2 heterocycles. The van der Waals surface area contributed by atoms with Crippen LogP contribution in [-0.2, 0) is 4.79 Å². The van der Waals surface area contributed by atoms with Crippen LogP contribution in [-0.4, -0.2) is 24.0 Å². The quantitative estimate of drug-likeness (QED) is 0.834. The number of aromatic nitrogens is 1. The highest BCUT2D eigenvalue weighted by atomic mass is 79.9. The van der Waals surface area contributed by atoms with Crippen LogP contribution >= 0.6 is 15.9 Å². The second-order valence-corrected chi connectivity index (χ2v) is 4.69. The van der Waals surface area contributed by atoms with E-state index < -0.39 is 5.95 Å². The fraction of sp³-hybridized carbons (Fsp3) is 0.400. The number of rotatable bonds is 2. The van der Waals surface area contributed by atoms with Crippen molar-refractivity contribution in [1.82, 2.24) is 4.98 Å². The summed E-state index contributed by atoms with van der Waals surface area (Å²) in [6.07, 6.45) is 1.74. The van der Waals surface area contributed by atoms with Crippen LogP contribution in [0.2, 0.25) is 0 Å². The van der Waals surface area contributed by atoms with Crippen LogP contribution in [0.15, 0.2) is 16.7 Å². The highest BCUT2D eigenvalue weighted by Gasteiger charge is 2.31. The van der Waals surface area contributed by atoms with Crippen molar-refractivity contribution < 1.29 is 9.18 Å². The van der Waals surface area contributed by atoms with Gasteiger partial charge in [-0.15, -0.1) is 0 Å². The van der Waals surface area contributed by atoms with Gasteiger partial charge in [0.15, 0.2) is 0 Å². The lowest BCUT2D eigenvalue weighted by Gasteiger charge is -2.16. The third kappa shape index (κ3) is 2.08. The number of hydrogen-bond donors (Lipinski definition) is 1. The molecule has 4 nitrogen and oxygen atoms in total. The van der Waals surface area contributed by atoms with Crippen LogP contribution in [0.1, 0.15) is 6.42 Å². The third-order valence-corrected chi connectivity index (χ3v) is 3.05. The van der Waals surface area contributed by atoms with Gasteiger partial charge in [0, 0.05) is 23.6 Å². The van der Waals surface area contributed by atoms with Crippen molar-refractivity contribution >= 4 is 27.5 Å². The largest absolute Gasteiger partial charge is 0.330 e. The molecule has 2 N–H and O–H groups in total.